The van der Waals surface area contributed by atoms with Crippen LogP contribution in [0, 0.1) is 50.2 Å². The maximum atomic E-state index is 13.3. The molecule has 0 radical (unpaired) electrons. The molecule has 78 heavy (non-hydrogen) atoms. The van der Waals surface area contributed by atoms with E-state index >= 15 is 0 Å². The van der Waals surface area contributed by atoms with Gasteiger partial charge < -0.3 is 114 Å². The normalized spacial score (nSPS) is 53.9. The molecule has 4 aliphatic heterocycles. The number of allylic oxidation sites excluding steroid dienone is 2. The summed E-state index contributed by atoms with van der Waals surface area (Å²) in [5, 5.41) is 164. The van der Waals surface area contributed by atoms with E-state index in [1.54, 1.807) is 0 Å². The molecule has 9 rings (SSSR count). The Morgan fingerprint density at radius 2 is 1.01 bits per heavy atom. The monoisotopic (exact) mass is 1120 g/mol. The number of rotatable bonds is 13. The molecular formula is C54H88O24. The second-order valence-electron chi connectivity index (χ2n) is 26.4. The first-order valence-electron chi connectivity index (χ1n) is 27.9. The molecule has 0 spiro atoms. The summed E-state index contributed by atoms with van der Waals surface area (Å²) in [6.07, 6.45) is -30.2. The molecule has 24 nitrogen and oxygen atoms in total. The molecule has 0 aromatic heterocycles. The van der Waals surface area contributed by atoms with E-state index in [0.717, 1.165) is 18.4 Å². The van der Waals surface area contributed by atoms with Crippen molar-refractivity contribution in [2.45, 2.75) is 241 Å². The first-order valence-corrected chi connectivity index (χ1v) is 27.9. The zero-order chi connectivity index (χ0) is 57.1. The lowest BCUT2D eigenvalue weighted by Crippen LogP contribution is -2.69. The minimum Gasteiger partial charge on any atom is -0.481 e. The number of aliphatic hydroxyl groups is 14. The van der Waals surface area contributed by atoms with Crippen molar-refractivity contribution in [1.82, 2.24) is 0 Å². The number of ether oxygens (including phenoxy) is 8. The first-order chi connectivity index (χ1) is 36.5. The maximum absolute atomic E-state index is 13.3. The lowest BCUT2D eigenvalue weighted by atomic mass is 9.33. The van der Waals surface area contributed by atoms with Crippen LogP contribution in [0.25, 0.3) is 0 Å². The van der Waals surface area contributed by atoms with Crippen molar-refractivity contribution in [3.8, 4) is 0 Å². The summed E-state index contributed by atoms with van der Waals surface area (Å²) in [5.74, 6) is -1.16. The molecule has 0 unspecified atom stereocenters. The number of fused-ring (bicyclic) bond motifs is 7. The Labute approximate surface area is 453 Å². The quantitative estimate of drug-likeness (QED) is 0.0670. The summed E-state index contributed by atoms with van der Waals surface area (Å²) >= 11 is 0. The van der Waals surface area contributed by atoms with Crippen molar-refractivity contribution in [1.29, 1.82) is 0 Å². The van der Waals surface area contributed by atoms with Gasteiger partial charge in [0.15, 0.2) is 25.2 Å². The summed E-state index contributed by atoms with van der Waals surface area (Å²) in [5.41, 5.74) is -2.03. The summed E-state index contributed by atoms with van der Waals surface area (Å²) in [6, 6.07) is 0. The molecule has 4 heterocycles. The number of aliphatic hydroxyl groups excluding tert-OH is 14. The van der Waals surface area contributed by atoms with Gasteiger partial charge >= 0.3 is 5.97 Å². The minimum absolute atomic E-state index is 0.00597. The van der Waals surface area contributed by atoms with Gasteiger partial charge in [-0.2, -0.15) is 0 Å². The van der Waals surface area contributed by atoms with Crippen LogP contribution in [0.1, 0.15) is 106 Å². The standard InChI is InChI=1S/C54H88O24/c1-49(2)14-15-54(48(69)70)23(16-49)22-8-9-29-51(5)12-11-31(50(3,4)28(51)10-13-52(29,6)53(22,7)17-30(54)59)75-47-43(78-45-39(67)37(65)33(61)25(19-56)72-45)42(35(63)27(21-58)74-47)77-46-40(68)41(34(62)26(20-57)73-46)76-44-38(66)36(64)32(60)24(18-55)71-44/h8,23-47,55-68H,9-21H2,1-7H3,(H,69,70)/t23-,24+,25+,26+,27+,28-,29+,30+,31-,32+,33+,34+,35+,36-,37-,38+,39+,40+,41-,42-,43+,44-,45-,46-,47-,51-,52+,53+,54+/m0/s1. The van der Waals surface area contributed by atoms with E-state index < -0.39 is 184 Å². The number of carboxylic acid groups (broad SMARTS) is 1. The summed E-state index contributed by atoms with van der Waals surface area (Å²) in [4.78, 5) is 13.3. The Balaban J connectivity index is 1.02. The predicted molar refractivity (Wildman–Crippen MR) is 265 cm³/mol. The molecule has 8 fully saturated rings. The summed E-state index contributed by atoms with van der Waals surface area (Å²) in [6.45, 7) is 12.0. The zero-order valence-electron chi connectivity index (χ0n) is 45.6. The van der Waals surface area contributed by atoms with Gasteiger partial charge in [0.2, 0.25) is 0 Å². The van der Waals surface area contributed by atoms with Gasteiger partial charge in [0.05, 0.1) is 38.6 Å². The molecule has 5 aliphatic carbocycles. The predicted octanol–water partition coefficient (Wildman–Crippen LogP) is -2.50. The number of hydrogen-bond acceptors (Lipinski definition) is 23. The van der Waals surface area contributed by atoms with Crippen LogP contribution in [0.5, 0.6) is 0 Å². The van der Waals surface area contributed by atoms with Gasteiger partial charge in [-0.1, -0.05) is 60.1 Å². The molecule has 29 atom stereocenters. The average Bonchev–Trinajstić information content (AvgIpc) is 3.52. The van der Waals surface area contributed by atoms with Crippen molar-refractivity contribution in [3.63, 3.8) is 0 Å². The van der Waals surface area contributed by atoms with Gasteiger partial charge in [-0.3, -0.25) is 4.79 Å². The van der Waals surface area contributed by atoms with Gasteiger partial charge in [0.25, 0.3) is 0 Å². The Morgan fingerprint density at radius 1 is 0.526 bits per heavy atom. The van der Waals surface area contributed by atoms with E-state index in [4.69, 9.17) is 37.9 Å². The molecule has 4 saturated carbocycles. The van der Waals surface area contributed by atoms with Crippen LogP contribution in [0.15, 0.2) is 11.6 Å². The van der Waals surface area contributed by atoms with E-state index in [1.807, 2.05) is 0 Å². The maximum Gasteiger partial charge on any atom is 0.312 e. The third-order valence-electron chi connectivity index (χ3n) is 21.5. The number of hydrogen-bond donors (Lipinski definition) is 15. The third kappa shape index (κ3) is 9.67. The van der Waals surface area contributed by atoms with Gasteiger partial charge in [0, 0.05) is 0 Å². The van der Waals surface area contributed by atoms with Crippen molar-refractivity contribution >= 4 is 5.97 Å². The van der Waals surface area contributed by atoms with Crippen molar-refractivity contribution in [3.05, 3.63) is 11.6 Å². The van der Waals surface area contributed by atoms with Gasteiger partial charge in [-0.05, 0) is 103 Å². The fraction of sp³-hybridized carbons (Fsp3) is 0.944. The average molecular weight is 1120 g/mol. The van der Waals surface area contributed by atoms with Crippen LogP contribution in [0.2, 0.25) is 0 Å². The minimum atomic E-state index is -2.10. The van der Waals surface area contributed by atoms with Crippen molar-refractivity contribution in [2.75, 3.05) is 26.4 Å². The number of carboxylic acids is 1. The lowest BCUT2D eigenvalue weighted by Gasteiger charge is -2.71. The molecule has 9 aliphatic rings. The van der Waals surface area contributed by atoms with E-state index in [9.17, 15) is 81.4 Å². The zero-order valence-corrected chi connectivity index (χ0v) is 45.6. The van der Waals surface area contributed by atoms with Crippen molar-refractivity contribution in [2.24, 2.45) is 50.2 Å². The second kappa shape index (κ2) is 22.1. The van der Waals surface area contributed by atoms with Crippen LogP contribution in [-0.4, -0.2) is 244 Å². The molecule has 24 heteroatoms. The highest BCUT2D eigenvalue weighted by Crippen LogP contribution is 2.76. The number of carbonyl (C=O) groups is 1. The molecule has 0 aromatic rings. The Morgan fingerprint density at radius 3 is 1.55 bits per heavy atom. The topological polar surface area (TPSA) is 394 Å². The first kappa shape index (κ1) is 60.9. The van der Waals surface area contributed by atoms with Crippen molar-refractivity contribution < 1.29 is 119 Å². The fourth-order valence-corrected chi connectivity index (χ4v) is 16.7. The van der Waals surface area contributed by atoms with Crippen LogP contribution < -0.4 is 0 Å². The van der Waals surface area contributed by atoms with Gasteiger partial charge in [-0.15, -0.1) is 0 Å². The third-order valence-corrected chi connectivity index (χ3v) is 21.5. The smallest absolute Gasteiger partial charge is 0.312 e. The van der Waals surface area contributed by atoms with E-state index in [1.165, 1.54) is 0 Å². The fourth-order valence-electron chi connectivity index (χ4n) is 16.7. The van der Waals surface area contributed by atoms with Gasteiger partial charge in [0.1, 0.15) is 103 Å². The number of aliphatic carboxylic acids is 1. The second-order valence-corrected chi connectivity index (χ2v) is 26.4. The molecular weight excluding hydrogens is 1030 g/mol. The SMILES string of the molecule is CC1(C)CC[C@]2(C(=O)O)[C@H](O)C[C@]3(C)C(=CC[C@@H]4[C@@]5(C)CC[C@H](O[C@@H]6O[C@H](CO)[C@@H](O)[C@H](O[C@@H]7O[C@H](CO)[C@@H](O)[C@H](O[C@@H]8O[C@H](CO)[C@@H](O)[C@H](O)[C@H]8O)[C@H]7O)[C@H]6O[C@@H]6O[C@H](CO)[C@@H](O)[C@H](O)[C@H]6O)C(C)(C)[C@@H]5CC[C@]43C)[C@@H]2C1. The summed E-state index contributed by atoms with van der Waals surface area (Å²) in [7, 11) is 0. The molecule has 4 saturated heterocycles. The molecule has 0 bridgehead atoms. The van der Waals surface area contributed by atoms with Gasteiger partial charge in [-0.25, -0.2) is 0 Å². The van der Waals surface area contributed by atoms with Crippen LogP contribution in [0.4, 0.5) is 0 Å². The lowest BCUT2D eigenvalue weighted by molar-refractivity contribution is -0.405. The highest BCUT2D eigenvalue weighted by molar-refractivity contribution is 5.77. The van der Waals surface area contributed by atoms with Crippen LogP contribution in [-0.2, 0) is 42.7 Å². The van der Waals surface area contributed by atoms with E-state index in [-0.39, 0.29) is 34.0 Å². The Bertz CT molecular complexity index is 2150. The highest BCUT2D eigenvalue weighted by atomic mass is 16.8. The Kier molecular flexibility index (Phi) is 17.2. The molecule has 448 valence electrons. The highest BCUT2D eigenvalue weighted by Gasteiger charge is 2.72. The molecule has 15 N–H and O–H groups in total. The molecule has 0 aromatic carbocycles. The molecule has 0 amide bonds. The van der Waals surface area contributed by atoms with Crippen LogP contribution >= 0.6 is 0 Å². The van der Waals surface area contributed by atoms with E-state index in [2.05, 4.69) is 54.5 Å². The van der Waals surface area contributed by atoms with Crippen LogP contribution in [0.3, 0.4) is 0 Å². The Hall–Kier alpha value is -1.67. The summed E-state index contributed by atoms with van der Waals surface area (Å²) < 4.78 is 48.9. The van der Waals surface area contributed by atoms with E-state index in [0.29, 0.717) is 44.9 Å². The largest absolute Gasteiger partial charge is 0.481 e.